The summed E-state index contributed by atoms with van der Waals surface area (Å²) < 4.78 is 6.02. The Kier molecular flexibility index (Phi) is 6.70. The number of rotatable bonds is 6. The molecule has 1 aliphatic rings. The van der Waals surface area contributed by atoms with Crippen molar-refractivity contribution in [3.05, 3.63) is 74.6 Å². The lowest BCUT2D eigenvalue weighted by atomic mass is 10.1. The zero-order valence-corrected chi connectivity index (χ0v) is 19.3. The van der Waals surface area contributed by atoms with Gasteiger partial charge in [-0.2, -0.15) is 4.99 Å². The van der Waals surface area contributed by atoms with Gasteiger partial charge in [-0.05, 0) is 55.4 Å². The van der Waals surface area contributed by atoms with Crippen molar-refractivity contribution in [3.8, 4) is 5.75 Å². The molecule has 0 saturated carbocycles. The highest BCUT2D eigenvalue weighted by Crippen LogP contribution is 2.36. The van der Waals surface area contributed by atoms with Crippen LogP contribution in [0.15, 0.2) is 58.4 Å². The minimum Gasteiger partial charge on any atom is -0.488 e. The number of amidine groups is 1. The number of amides is 1. The molecular formula is C22H19ClN4O2S2. The Bertz CT molecular complexity index is 1160. The fourth-order valence-electron chi connectivity index (χ4n) is 2.90. The Morgan fingerprint density at radius 3 is 2.65 bits per heavy atom. The number of ether oxygens (including phenoxy) is 1. The van der Waals surface area contributed by atoms with E-state index in [2.05, 4.69) is 15.2 Å². The first kappa shape index (κ1) is 21.5. The van der Waals surface area contributed by atoms with Gasteiger partial charge in [-0.25, -0.2) is 0 Å². The molecule has 0 bridgehead atoms. The second-order valence-corrected chi connectivity index (χ2v) is 9.22. The number of benzene rings is 2. The summed E-state index contributed by atoms with van der Waals surface area (Å²) in [6.45, 7) is 4.72. The van der Waals surface area contributed by atoms with Crippen LogP contribution >= 0.6 is 34.7 Å². The second-order valence-electron chi connectivity index (χ2n) is 6.61. The van der Waals surface area contributed by atoms with Crippen molar-refractivity contribution >= 4 is 57.0 Å². The van der Waals surface area contributed by atoms with Crippen LogP contribution in [0.5, 0.6) is 5.75 Å². The molecule has 1 aromatic heterocycles. The number of hydrogen-bond acceptors (Lipinski definition) is 7. The number of para-hydroxylation sites is 1. The quantitative estimate of drug-likeness (QED) is 0.432. The third-order valence-electron chi connectivity index (χ3n) is 4.42. The molecule has 1 amide bonds. The van der Waals surface area contributed by atoms with Gasteiger partial charge < -0.3 is 4.74 Å². The van der Waals surface area contributed by atoms with Crippen LogP contribution in [0.25, 0.3) is 6.08 Å². The smallest absolute Gasteiger partial charge is 0.266 e. The highest BCUT2D eigenvalue weighted by molar-refractivity contribution is 8.18. The van der Waals surface area contributed by atoms with Crippen LogP contribution in [0.3, 0.4) is 0 Å². The minimum atomic E-state index is -0.0833. The highest BCUT2D eigenvalue weighted by Gasteiger charge is 2.32. The lowest BCUT2D eigenvalue weighted by Crippen LogP contribution is -2.28. The van der Waals surface area contributed by atoms with E-state index in [1.807, 2.05) is 68.5 Å². The van der Waals surface area contributed by atoms with Crippen LogP contribution in [0, 0.1) is 6.92 Å². The number of thioether (sulfide) groups is 1. The number of likely N-dealkylation sites (N-methyl/N-ethyl adjacent to an activating group) is 1. The van der Waals surface area contributed by atoms with Gasteiger partial charge in [0.15, 0.2) is 5.17 Å². The van der Waals surface area contributed by atoms with Gasteiger partial charge in [-0.3, -0.25) is 9.69 Å². The molecule has 1 fully saturated rings. The largest absolute Gasteiger partial charge is 0.488 e. The predicted molar refractivity (Wildman–Crippen MR) is 127 cm³/mol. The van der Waals surface area contributed by atoms with E-state index < -0.39 is 0 Å². The van der Waals surface area contributed by atoms with Crippen LogP contribution in [-0.2, 0) is 11.4 Å². The Labute approximate surface area is 193 Å². The number of aryl methyl sites for hydroxylation is 1. The summed E-state index contributed by atoms with van der Waals surface area (Å²) in [4.78, 5) is 19.7. The molecule has 0 aliphatic carbocycles. The van der Waals surface area contributed by atoms with Crippen LogP contribution < -0.4 is 4.74 Å². The molecule has 31 heavy (non-hydrogen) atoms. The molecule has 0 spiro atoms. The summed E-state index contributed by atoms with van der Waals surface area (Å²) in [6.07, 6.45) is 1.85. The first-order chi connectivity index (χ1) is 15.0. The maximum Gasteiger partial charge on any atom is 0.266 e. The molecule has 1 aliphatic heterocycles. The number of hydrogen-bond donors (Lipinski definition) is 0. The lowest BCUT2D eigenvalue weighted by Gasteiger charge is -2.11. The molecule has 0 unspecified atom stereocenters. The van der Waals surface area contributed by atoms with E-state index in [0.717, 1.165) is 16.1 Å². The summed E-state index contributed by atoms with van der Waals surface area (Å²) in [5, 5.41) is 10.7. The highest BCUT2D eigenvalue weighted by atomic mass is 35.5. The number of halogens is 1. The minimum absolute atomic E-state index is 0.0833. The summed E-state index contributed by atoms with van der Waals surface area (Å²) in [6, 6.07) is 15.2. The fraction of sp³-hybridized carbons (Fsp3) is 0.182. The van der Waals surface area contributed by atoms with E-state index in [9.17, 15) is 4.79 Å². The van der Waals surface area contributed by atoms with Gasteiger partial charge in [0, 0.05) is 17.1 Å². The molecule has 0 N–H and O–H groups in total. The zero-order valence-electron chi connectivity index (χ0n) is 16.9. The fourth-order valence-corrected chi connectivity index (χ4v) is 4.68. The molecule has 2 aromatic carbocycles. The lowest BCUT2D eigenvalue weighted by molar-refractivity contribution is -0.122. The summed E-state index contributed by atoms with van der Waals surface area (Å²) in [5.41, 5.74) is 1.84. The number of aromatic nitrogens is 2. The van der Waals surface area contributed by atoms with Crippen molar-refractivity contribution in [3.63, 3.8) is 0 Å². The normalized spacial score (nSPS) is 16.5. The monoisotopic (exact) mass is 470 g/mol. The van der Waals surface area contributed by atoms with E-state index in [1.165, 1.54) is 23.1 Å². The van der Waals surface area contributed by atoms with Crippen molar-refractivity contribution in [2.45, 2.75) is 20.5 Å². The van der Waals surface area contributed by atoms with Crippen molar-refractivity contribution in [1.82, 2.24) is 15.1 Å². The van der Waals surface area contributed by atoms with Gasteiger partial charge in [0.2, 0.25) is 5.13 Å². The molecule has 3 aromatic rings. The SMILES string of the molecule is CCN1C(=O)/C(=C/c2ccccc2OCc2ccc(Cl)cc2)S/C1=N/c1nnc(C)s1. The van der Waals surface area contributed by atoms with Crippen molar-refractivity contribution in [2.75, 3.05) is 6.54 Å². The van der Waals surface area contributed by atoms with Crippen LogP contribution in [0.4, 0.5) is 5.13 Å². The first-order valence-electron chi connectivity index (χ1n) is 9.60. The number of nitrogens with zero attached hydrogens (tertiary/aromatic N) is 4. The van der Waals surface area contributed by atoms with Crippen LogP contribution in [0.1, 0.15) is 23.1 Å². The molecule has 2 heterocycles. The molecule has 0 atom stereocenters. The van der Waals surface area contributed by atoms with Crippen molar-refractivity contribution in [1.29, 1.82) is 0 Å². The molecular weight excluding hydrogens is 452 g/mol. The Balaban J connectivity index is 1.57. The predicted octanol–water partition coefficient (Wildman–Crippen LogP) is 5.70. The Morgan fingerprint density at radius 2 is 1.94 bits per heavy atom. The van der Waals surface area contributed by atoms with E-state index >= 15 is 0 Å². The topological polar surface area (TPSA) is 67.7 Å². The van der Waals surface area contributed by atoms with Gasteiger partial charge >= 0.3 is 0 Å². The molecule has 6 nitrogen and oxygen atoms in total. The van der Waals surface area contributed by atoms with Gasteiger partial charge in [0.1, 0.15) is 17.4 Å². The average molecular weight is 471 g/mol. The van der Waals surface area contributed by atoms with Gasteiger partial charge in [-0.15, -0.1) is 10.2 Å². The van der Waals surface area contributed by atoms with Gasteiger partial charge in [0.05, 0.1) is 4.91 Å². The second kappa shape index (κ2) is 9.64. The van der Waals surface area contributed by atoms with E-state index in [0.29, 0.717) is 39.1 Å². The maximum atomic E-state index is 12.9. The van der Waals surface area contributed by atoms with E-state index in [-0.39, 0.29) is 5.91 Å². The number of aliphatic imine (C=N–C) groups is 1. The van der Waals surface area contributed by atoms with Crippen LogP contribution in [-0.4, -0.2) is 32.7 Å². The Hall–Kier alpha value is -2.68. The average Bonchev–Trinajstić information content (AvgIpc) is 3.31. The zero-order chi connectivity index (χ0) is 21.8. The van der Waals surface area contributed by atoms with E-state index in [1.54, 1.807) is 4.90 Å². The van der Waals surface area contributed by atoms with Gasteiger partial charge in [0.25, 0.3) is 5.91 Å². The van der Waals surface area contributed by atoms with Crippen molar-refractivity contribution in [2.24, 2.45) is 4.99 Å². The molecule has 4 rings (SSSR count). The standard InChI is InChI=1S/C22H19ClN4O2S2/c1-3-27-20(28)19(31-22(27)24-21-26-25-14(2)30-21)12-16-6-4-5-7-18(16)29-13-15-8-10-17(23)11-9-15/h4-12H,3,13H2,1-2H3/b19-12-,24-22+. The van der Waals surface area contributed by atoms with Gasteiger partial charge in [-0.1, -0.05) is 53.3 Å². The maximum absolute atomic E-state index is 12.9. The van der Waals surface area contributed by atoms with Crippen LogP contribution in [0.2, 0.25) is 5.02 Å². The molecule has 9 heteroatoms. The number of carbonyl (C=O) groups excluding carboxylic acids is 1. The Morgan fingerprint density at radius 1 is 1.16 bits per heavy atom. The molecule has 158 valence electrons. The number of carbonyl (C=O) groups is 1. The summed E-state index contributed by atoms with van der Waals surface area (Å²) in [7, 11) is 0. The third kappa shape index (κ3) is 5.15. The first-order valence-corrected chi connectivity index (χ1v) is 11.6. The molecule has 0 radical (unpaired) electrons. The van der Waals surface area contributed by atoms with Crippen molar-refractivity contribution < 1.29 is 9.53 Å². The summed E-state index contributed by atoms with van der Waals surface area (Å²) in [5.74, 6) is 0.617. The van der Waals surface area contributed by atoms with E-state index in [4.69, 9.17) is 16.3 Å². The third-order valence-corrected chi connectivity index (χ3v) is 6.42. The summed E-state index contributed by atoms with van der Waals surface area (Å²) >= 11 is 8.67. The molecule has 1 saturated heterocycles.